The number of fused-ring (bicyclic) bond motifs is 1. The van der Waals surface area contributed by atoms with E-state index in [1.807, 2.05) is 0 Å². The number of aliphatic hydroxyl groups excluding tert-OH is 1. The van der Waals surface area contributed by atoms with Crippen molar-refractivity contribution in [1.82, 2.24) is 19.8 Å². The Morgan fingerprint density at radius 2 is 1.85 bits per heavy atom. The maximum absolute atomic E-state index is 10.7. The van der Waals surface area contributed by atoms with Crippen LogP contribution in [0.1, 0.15) is 46.0 Å². The number of rotatable bonds is 5. The van der Waals surface area contributed by atoms with Gasteiger partial charge in [-0.1, -0.05) is 6.42 Å². The van der Waals surface area contributed by atoms with E-state index in [1.54, 1.807) is 18.6 Å². The van der Waals surface area contributed by atoms with Crippen molar-refractivity contribution in [2.75, 3.05) is 38.0 Å². The van der Waals surface area contributed by atoms with E-state index >= 15 is 0 Å². The average Bonchev–Trinajstić information content (AvgIpc) is 3.04. The van der Waals surface area contributed by atoms with Gasteiger partial charge in [-0.2, -0.15) is 0 Å². The van der Waals surface area contributed by atoms with Crippen molar-refractivity contribution in [2.45, 2.75) is 63.6 Å². The molecule has 1 saturated carbocycles. The molecule has 0 spiro atoms. The summed E-state index contributed by atoms with van der Waals surface area (Å²) in [6.07, 6.45) is 10.8. The minimum Gasteiger partial charge on any atom is -0.391 e. The number of nitrogens with one attached hydrogen (secondary N) is 1. The van der Waals surface area contributed by atoms with Crippen molar-refractivity contribution < 1.29 is 5.11 Å². The van der Waals surface area contributed by atoms with E-state index < -0.39 is 0 Å². The van der Waals surface area contributed by atoms with Crippen LogP contribution in [-0.2, 0) is 0 Å². The Bertz CT molecular complexity index is 604. The molecule has 6 nitrogen and oxygen atoms in total. The number of likely N-dealkylation sites (tertiary alicyclic amines) is 2. The van der Waals surface area contributed by atoms with Crippen molar-refractivity contribution in [2.24, 2.45) is 11.8 Å². The lowest BCUT2D eigenvalue weighted by Crippen LogP contribution is -2.53. The number of anilines is 1. The van der Waals surface area contributed by atoms with Gasteiger partial charge in [-0.25, -0.2) is 4.98 Å². The first-order chi connectivity index (χ1) is 13.0. The summed E-state index contributed by atoms with van der Waals surface area (Å²) in [6.45, 7) is 10.7. The fraction of sp³-hybridized carbons (Fsp3) is 0.810. The fourth-order valence-electron chi connectivity index (χ4n) is 5.52. The van der Waals surface area contributed by atoms with Crippen molar-refractivity contribution >= 4 is 5.82 Å². The molecule has 4 atom stereocenters. The number of piperidine rings is 1. The number of nitrogens with zero attached hydrogens (tertiary/aromatic N) is 4. The van der Waals surface area contributed by atoms with Gasteiger partial charge in [-0.3, -0.25) is 9.88 Å². The van der Waals surface area contributed by atoms with Crippen molar-refractivity contribution in [1.29, 1.82) is 0 Å². The van der Waals surface area contributed by atoms with Crippen LogP contribution >= 0.6 is 0 Å². The second kappa shape index (κ2) is 8.02. The molecule has 0 amide bonds. The van der Waals surface area contributed by atoms with Crippen LogP contribution in [0.25, 0.3) is 0 Å². The van der Waals surface area contributed by atoms with Crippen molar-refractivity contribution in [3.05, 3.63) is 18.6 Å². The molecule has 0 unspecified atom stereocenters. The van der Waals surface area contributed by atoms with Crippen LogP contribution < -0.4 is 5.32 Å². The van der Waals surface area contributed by atoms with E-state index in [0.717, 1.165) is 38.3 Å². The largest absolute Gasteiger partial charge is 0.391 e. The van der Waals surface area contributed by atoms with E-state index in [2.05, 4.69) is 38.9 Å². The molecular formula is C21H35N5O. The molecule has 0 aromatic carbocycles. The minimum absolute atomic E-state index is 0.0815. The summed E-state index contributed by atoms with van der Waals surface area (Å²) in [5, 5.41) is 14.1. The number of aliphatic hydroxyl groups is 1. The van der Waals surface area contributed by atoms with E-state index in [9.17, 15) is 5.11 Å². The van der Waals surface area contributed by atoms with Crippen LogP contribution in [0.2, 0.25) is 0 Å². The third-order valence-electron chi connectivity index (χ3n) is 6.94. The molecule has 0 bridgehead atoms. The first-order valence-corrected chi connectivity index (χ1v) is 10.7. The molecule has 1 aromatic heterocycles. The molecule has 3 fully saturated rings. The first kappa shape index (κ1) is 19.1. The standard InChI is InChI=1S/C21H35N5O/c1-21(2,26-8-4-3-5-9-26)15-25-13-16-10-18(19(27)11-17(16)14-25)24-20-12-22-6-7-23-20/h6-7,12,16-19,27H,3-5,8-11,13-15H2,1-2H3,(H,23,24)/t16-,17+,18-,19-/m1/s1. The highest BCUT2D eigenvalue weighted by Crippen LogP contribution is 2.38. The summed E-state index contributed by atoms with van der Waals surface area (Å²) in [6, 6.07) is 0.0815. The summed E-state index contributed by atoms with van der Waals surface area (Å²) in [5.41, 5.74) is 0.240. The molecule has 1 aliphatic carbocycles. The molecule has 3 aliphatic rings. The zero-order chi connectivity index (χ0) is 18.9. The maximum Gasteiger partial charge on any atom is 0.144 e. The van der Waals surface area contributed by atoms with Crippen molar-refractivity contribution in [3.8, 4) is 0 Å². The normalized spacial score (nSPS) is 33.0. The summed E-state index contributed by atoms with van der Waals surface area (Å²) in [4.78, 5) is 13.8. The van der Waals surface area contributed by atoms with Gasteiger partial charge in [0.15, 0.2) is 0 Å². The van der Waals surface area contributed by atoms with Crippen LogP contribution in [0, 0.1) is 11.8 Å². The molecule has 150 valence electrons. The maximum atomic E-state index is 10.7. The van der Waals surface area contributed by atoms with Crippen molar-refractivity contribution in [3.63, 3.8) is 0 Å². The van der Waals surface area contributed by atoms with Gasteiger partial charge in [0.05, 0.1) is 18.3 Å². The molecular weight excluding hydrogens is 338 g/mol. The summed E-state index contributed by atoms with van der Waals surface area (Å²) < 4.78 is 0. The fourth-order valence-corrected chi connectivity index (χ4v) is 5.52. The molecule has 2 aliphatic heterocycles. The van der Waals surface area contributed by atoms with Gasteiger partial charge in [-0.15, -0.1) is 0 Å². The van der Waals surface area contributed by atoms with E-state index in [4.69, 9.17) is 0 Å². The quantitative estimate of drug-likeness (QED) is 0.825. The van der Waals surface area contributed by atoms with Crippen LogP contribution in [0.4, 0.5) is 5.82 Å². The smallest absolute Gasteiger partial charge is 0.144 e. The van der Waals surface area contributed by atoms with Crippen LogP contribution in [0.3, 0.4) is 0 Å². The Hall–Kier alpha value is -1.24. The molecule has 3 heterocycles. The highest BCUT2D eigenvalue weighted by atomic mass is 16.3. The van der Waals surface area contributed by atoms with Crippen LogP contribution in [-0.4, -0.2) is 75.3 Å². The molecule has 2 N–H and O–H groups in total. The number of hydrogen-bond acceptors (Lipinski definition) is 6. The molecule has 2 saturated heterocycles. The molecule has 27 heavy (non-hydrogen) atoms. The Balaban J connectivity index is 1.34. The Kier molecular flexibility index (Phi) is 5.67. The average molecular weight is 374 g/mol. The third-order valence-corrected chi connectivity index (χ3v) is 6.94. The summed E-state index contributed by atoms with van der Waals surface area (Å²) in [5.74, 6) is 2.05. The lowest BCUT2D eigenvalue weighted by atomic mass is 9.77. The monoisotopic (exact) mass is 373 g/mol. The third kappa shape index (κ3) is 4.44. The van der Waals surface area contributed by atoms with E-state index in [0.29, 0.717) is 11.8 Å². The lowest BCUT2D eigenvalue weighted by Gasteiger charge is -2.43. The van der Waals surface area contributed by atoms with Crippen LogP contribution in [0.5, 0.6) is 0 Å². The van der Waals surface area contributed by atoms with Crippen LogP contribution in [0.15, 0.2) is 18.6 Å². The van der Waals surface area contributed by atoms with Gasteiger partial charge in [-0.05, 0) is 64.5 Å². The highest BCUT2D eigenvalue weighted by Gasteiger charge is 2.43. The van der Waals surface area contributed by atoms with Gasteiger partial charge in [0.1, 0.15) is 5.82 Å². The Morgan fingerprint density at radius 1 is 1.11 bits per heavy atom. The lowest BCUT2D eigenvalue weighted by molar-refractivity contribution is 0.0624. The number of hydrogen-bond donors (Lipinski definition) is 2. The highest BCUT2D eigenvalue weighted by molar-refractivity contribution is 5.32. The SMILES string of the molecule is CC(C)(CN1C[C@H]2C[C@@H](Nc3cnccn3)[C@H](O)C[C@H]2C1)N1CCCCC1. The topological polar surface area (TPSA) is 64.5 Å². The summed E-state index contributed by atoms with van der Waals surface area (Å²) in [7, 11) is 0. The summed E-state index contributed by atoms with van der Waals surface area (Å²) >= 11 is 0. The van der Waals surface area contributed by atoms with Gasteiger partial charge >= 0.3 is 0 Å². The van der Waals surface area contributed by atoms with Gasteiger partial charge in [0.2, 0.25) is 0 Å². The second-order valence-corrected chi connectivity index (χ2v) is 9.45. The van der Waals surface area contributed by atoms with Gasteiger partial charge in [0, 0.05) is 37.6 Å². The van der Waals surface area contributed by atoms with Gasteiger partial charge in [0.25, 0.3) is 0 Å². The molecule has 1 aromatic rings. The zero-order valence-electron chi connectivity index (χ0n) is 16.8. The molecule has 0 radical (unpaired) electrons. The van der Waals surface area contributed by atoms with E-state index in [-0.39, 0.29) is 17.7 Å². The predicted octanol–water partition coefficient (Wildman–Crippen LogP) is 2.22. The van der Waals surface area contributed by atoms with Gasteiger partial charge < -0.3 is 15.3 Å². The number of aromatic nitrogens is 2. The second-order valence-electron chi connectivity index (χ2n) is 9.45. The zero-order valence-corrected chi connectivity index (χ0v) is 16.8. The van der Waals surface area contributed by atoms with E-state index in [1.165, 1.54) is 32.4 Å². The molecule has 6 heteroatoms. The molecule has 4 rings (SSSR count). The Labute approximate surface area is 163 Å². The predicted molar refractivity (Wildman–Crippen MR) is 108 cm³/mol. The minimum atomic E-state index is -0.302. The Morgan fingerprint density at radius 3 is 2.56 bits per heavy atom. The first-order valence-electron chi connectivity index (χ1n) is 10.7.